The molecule has 5 heteroatoms. The Morgan fingerprint density at radius 3 is 3.00 bits per heavy atom. The lowest BCUT2D eigenvalue weighted by Gasteiger charge is -2.46. The van der Waals surface area contributed by atoms with Gasteiger partial charge in [-0.15, -0.1) is 0 Å². The van der Waals surface area contributed by atoms with Gasteiger partial charge in [0.1, 0.15) is 6.10 Å². The minimum absolute atomic E-state index is 0.133. The first-order valence-corrected chi connectivity index (χ1v) is 8.16. The summed E-state index contributed by atoms with van der Waals surface area (Å²) in [7, 11) is 1.81. The Morgan fingerprint density at radius 1 is 1.27 bits per heavy atom. The summed E-state index contributed by atoms with van der Waals surface area (Å²) in [5.41, 5.74) is 2.97. The van der Waals surface area contributed by atoms with E-state index in [0.29, 0.717) is 18.9 Å². The zero-order valence-corrected chi connectivity index (χ0v) is 12.6. The number of benzene rings is 1. The summed E-state index contributed by atoms with van der Waals surface area (Å²) in [6.07, 6.45) is 3.09. The summed E-state index contributed by atoms with van der Waals surface area (Å²) in [5, 5.41) is 0. The average molecular weight is 301 g/mol. The van der Waals surface area contributed by atoms with Gasteiger partial charge >= 0.3 is 0 Å². The second-order valence-electron chi connectivity index (χ2n) is 7.17. The molecule has 1 aromatic rings. The van der Waals surface area contributed by atoms with Gasteiger partial charge in [-0.1, -0.05) is 0 Å². The molecule has 2 bridgehead atoms. The predicted molar refractivity (Wildman–Crippen MR) is 77.1 cm³/mol. The molecule has 0 aromatic heterocycles. The summed E-state index contributed by atoms with van der Waals surface area (Å²) < 4.78 is 23.0. The summed E-state index contributed by atoms with van der Waals surface area (Å²) in [5.74, 6) is 1.80. The molecule has 0 N–H and O–H groups in total. The molecule has 4 heterocycles. The summed E-state index contributed by atoms with van der Waals surface area (Å²) >= 11 is 0. The maximum absolute atomic E-state index is 6.12. The fourth-order valence-corrected chi connectivity index (χ4v) is 5.50. The molecular weight excluding hydrogens is 282 g/mol. The van der Waals surface area contributed by atoms with Crippen molar-refractivity contribution in [2.75, 3.05) is 20.4 Å². The molecule has 0 spiro atoms. The topological polar surface area (TPSA) is 43.5 Å². The number of rotatable bonds is 1. The van der Waals surface area contributed by atoms with E-state index in [-0.39, 0.29) is 17.6 Å². The number of ether oxygens (including phenoxy) is 4. The van der Waals surface area contributed by atoms with Gasteiger partial charge in [-0.3, -0.25) is 4.90 Å². The van der Waals surface area contributed by atoms with Crippen LogP contribution in [0.25, 0.3) is 0 Å². The van der Waals surface area contributed by atoms with Crippen LogP contribution in [0.3, 0.4) is 0 Å². The van der Waals surface area contributed by atoms with Gasteiger partial charge in [-0.05, 0) is 42.6 Å². The zero-order valence-electron chi connectivity index (χ0n) is 12.6. The smallest absolute Gasteiger partial charge is 0.231 e. The SMILES string of the molecule is COC1CC2N3CCC2(c2cc4c(cc2C3)OCO4)C2OC12. The minimum atomic E-state index is 0.133. The molecule has 1 aliphatic carbocycles. The number of epoxide rings is 1. The first-order chi connectivity index (χ1) is 10.8. The summed E-state index contributed by atoms with van der Waals surface area (Å²) in [4.78, 5) is 2.62. The predicted octanol–water partition coefficient (Wildman–Crippen LogP) is 1.43. The zero-order chi connectivity index (χ0) is 14.5. The first kappa shape index (κ1) is 12.2. The van der Waals surface area contributed by atoms with Crippen molar-refractivity contribution >= 4 is 0 Å². The van der Waals surface area contributed by atoms with Gasteiger partial charge < -0.3 is 18.9 Å². The van der Waals surface area contributed by atoms with E-state index in [9.17, 15) is 0 Å². The minimum Gasteiger partial charge on any atom is -0.454 e. The van der Waals surface area contributed by atoms with Gasteiger partial charge in [0.2, 0.25) is 6.79 Å². The lowest BCUT2D eigenvalue weighted by molar-refractivity contribution is 0.0251. The average Bonchev–Trinajstić information content (AvgIpc) is 3.14. The molecule has 1 aromatic carbocycles. The van der Waals surface area contributed by atoms with Crippen molar-refractivity contribution in [3.05, 3.63) is 23.3 Å². The van der Waals surface area contributed by atoms with Crippen molar-refractivity contribution in [1.29, 1.82) is 0 Å². The van der Waals surface area contributed by atoms with E-state index in [1.165, 1.54) is 17.5 Å². The molecule has 0 amide bonds. The molecule has 5 aliphatic rings. The highest BCUT2D eigenvalue weighted by atomic mass is 16.7. The fraction of sp³-hybridized carbons (Fsp3) is 0.647. The Balaban J connectivity index is 1.54. The highest BCUT2D eigenvalue weighted by Crippen LogP contribution is 2.61. The van der Waals surface area contributed by atoms with E-state index in [1.54, 1.807) is 0 Å². The van der Waals surface area contributed by atoms with Crippen molar-refractivity contribution in [1.82, 2.24) is 4.90 Å². The van der Waals surface area contributed by atoms with Crippen LogP contribution >= 0.6 is 0 Å². The van der Waals surface area contributed by atoms with E-state index in [2.05, 4.69) is 17.0 Å². The van der Waals surface area contributed by atoms with E-state index in [0.717, 1.165) is 31.0 Å². The molecule has 1 saturated carbocycles. The Morgan fingerprint density at radius 2 is 2.14 bits per heavy atom. The van der Waals surface area contributed by atoms with Crippen LogP contribution in [-0.2, 0) is 21.4 Å². The van der Waals surface area contributed by atoms with E-state index in [1.807, 2.05) is 7.11 Å². The van der Waals surface area contributed by atoms with Gasteiger partial charge in [0.25, 0.3) is 0 Å². The van der Waals surface area contributed by atoms with Gasteiger partial charge in [0.15, 0.2) is 11.5 Å². The van der Waals surface area contributed by atoms with E-state index >= 15 is 0 Å². The van der Waals surface area contributed by atoms with Gasteiger partial charge in [0.05, 0.1) is 12.2 Å². The Labute approximate surface area is 129 Å². The third-order valence-corrected chi connectivity index (χ3v) is 6.48. The molecular formula is C17H19NO4. The Kier molecular flexibility index (Phi) is 2.09. The van der Waals surface area contributed by atoms with Crippen LogP contribution in [0.1, 0.15) is 24.0 Å². The van der Waals surface area contributed by atoms with Crippen LogP contribution in [0, 0.1) is 0 Å². The Bertz CT molecular complexity index is 677. The van der Waals surface area contributed by atoms with Crippen molar-refractivity contribution < 1.29 is 18.9 Å². The maximum Gasteiger partial charge on any atom is 0.231 e. The second-order valence-corrected chi connectivity index (χ2v) is 7.17. The lowest BCUT2D eigenvalue weighted by atomic mass is 9.63. The molecule has 2 saturated heterocycles. The lowest BCUT2D eigenvalue weighted by Crippen LogP contribution is -2.56. The van der Waals surface area contributed by atoms with E-state index in [4.69, 9.17) is 18.9 Å². The highest BCUT2D eigenvalue weighted by molar-refractivity contribution is 5.55. The molecule has 3 fully saturated rings. The third-order valence-electron chi connectivity index (χ3n) is 6.48. The van der Waals surface area contributed by atoms with Crippen molar-refractivity contribution in [3.63, 3.8) is 0 Å². The van der Waals surface area contributed by atoms with Crippen LogP contribution in [0.2, 0.25) is 0 Å². The van der Waals surface area contributed by atoms with Crippen molar-refractivity contribution in [2.24, 2.45) is 0 Å². The van der Waals surface area contributed by atoms with Crippen LogP contribution in [0.15, 0.2) is 12.1 Å². The number of nitrogens with zero attached hydrogens (tertiary/aromatic N) is 1. The Hall–Kier alpha value is -1.30. The maximum atomic E-state index is 6.12. The van der Waals surface area contributed by atoms with Crippen LogP contribution < -0.4 is 9.47 Å². The molecule has 6 rings (SSSR count). The molecule has 4 aliphatic heterocycles. The number of fused-ring (bicyclic) bond motifs is 3. The number of hydrogen-bond donors (Lipinski definition) is 0. The highest BCUT2D eigenvalue weighted by Gasteiger charge is 2.70. The van der Waals surface area contributed by atoms with Crippen LogP contribution in [0.5, 0.6) is 11.5 Å². The molecule has 6 atom stereocenters. The second kappa shape index (κ2) is 3.78. The third kappa shape index (κ3) is 1.24. The quantitative estimate of drug-likeness (QED) is 0.734. The normalized spacial score (nSPS) is 46.0. The molecule has 116 valence electrons. The number of hydrogen-bond acceptors (Lipinski definition) is 5. The standard InChI is InChI=1S/C17H19NO4/c1-19-13-6-14-17(16-15(13)22-16)2-3-18(14)7-9-4-11-12(5-10(9)17)21-8-20-11/h4-5,13-16H,2-3,6-8H2,1H3. The summed E-state index contributed by atoms with van der Waals surface area (Å²) in [6.45, 7) is 2.49. The summed E-state index contributed by atoms with van der Waals surface area (Å²) in [6, 6.07) is 4.96. The monoisotopic (exact) mass is 301 g/mol. The number of methoxy groups -OCH3 is 1. The van der Waals surface area contributed by atoms with Crippen LogP contribution in [0.4, 0.5) is 0 Å². The van der Waals surface area contributed by atoms with E-state index < -0.39 is 0 Å². The van der Waals surface area contributed by atoms with Gasteiger partial charge in [0, 0.05) is 25.1 Å². The fourth-order valence-electron chi connectivity index (χ4n) is 5.50. The van der Waals surface area contributed by atoms with Crippen molar-refractivity contribution in [3.8, 4) is 11.5 Å². The first-order valence-electron chi connectivity index (χ1n) is 8.16. The van der Waals surface area contributed by atoms with Crippen LogP contribution in [-0.4, -0.2) is 49.7 Å². The largest absolute Gasteiger partial charge is 0.454 e. The van der Waals surface area contributed by atoms with Gasteiger partial charge in [-0.25, -0.2) is 0 Å². The molecule has 6 unspecified atom stereocenters. The van der Waals surface area contributed by atoms with Gasteiger partial charge in [-0.2, -0.15) is 0 Å². The molecule has 0 radical (unpaired) electrons. The molecule has 22 heavy (non-hydrogen) atoms. The molecule has 5 nitrogen and oxygen atoms in total. The van der Waals surface area contributed by atoms with Crippen molar-refractivity contribution in [2.45, 2.75) is 49.2 Å².